The fourth-order valence-corrected chi connectivity index (χ4v) is 3.42. The van der Waals surface area contributed by atoms with E-state index < -0.39 is 0 Å². The molecule has 8 heteroatoms. The first-order chi connectivity index (χ1) is 11.5. The quantitative estimate of drug-likeness (QED) is 0.682. The Balaban J connectivity index is 1.72. The van der Waals surface area contributed by atoms with Gasteiger partial charge in [0.15, 0.2) is 10.8 Å². The van der Waals surface area contributed by atoms with Crippen LogP contribution in [-0.2, 0) is 4.79 Å². The summed E-state index contributed by atoms with van der Waals surface area (Å²) in [5.74, 6) is 0.0942. The van der Waals surface area contributed by atoms with Crippen molar-refractivity contribution in [3.8, 4) is 0 Å². The maximum Gasteiger partial charge on any atom is 0.234 e. The van der Waals surface area contributed by atoms with Gasteiger partial charge in [-0.1, -0.05) is 47.1 Å². The summed E-state index contributed by atoms with van der Waals surface area (Å²) >= 11 is 13.4. The summed E-state index contributed by atoms with van der Waals surface area (Å²) in [6, 6.07) is 7.42. The number of thioether (sulfide) groups is 1. The van der Waals surface area contributed by atoms with Crippen LogP contribution in [0.25, 0.3) is 5.65 Å². The average molecular weight is 381 g/mol. The van der Waals surface area contributed by atoms with Crippen LogP contribution < -0.4 is 5.32 Å². The first kappa shape index (κ1) is 17.1. The van der Waals surface area contributed by atoms with Crippen molar-refractivity contribution in [1.82, 2.24) is 14.6 Å². The van der Waals surface area contributed by atoms with Crippen molar-refractivity contribution in [1.29, 1.82) is 0 Å². The SMILES string of the molecule is Cc1cccc(NC(=O)CSc2nnc3c(Cl)cc(Cl)cn23)c1C. The van der Waals surface area contributed by atoms with Gasteiger partial charge in [0.2, 0.25) is 5.91 Å². The summed E-state index contributed by atoms with van der Waals surface area (Å²) in [7, 11) is 0. The zero-order valence-corrected chi connectivity index (χ0v) is 15.3. The number of rotatable bonds is 4. The Hall–Kier alpha value is -1.76. The summed E-state index contributed by atoms with van der Waals surface area (Å²) in [5, 5.41) is 12.5. The fourth-order valence-electron chi connectivity index (χ4n) is 2.20. The molecule has 0 bridgehead atoms. The van der Waals surface area contributed by atoms with E-state index in [1.807, 2.05) is 32.0 Å². The molecule has 1 aromatic carbocycles. The van der Waals surface area contributed by atoms with E-state index in [0.717, 1.165) is 16.8 Å². The molecule has 2 aromatic heterocycles. The summed E-state index contributed by atoms with van der Waals surface area (Å²) in [6.07, 6.45) is 1.67. The molecule has 2 heterocycles. The molecule has 1 N–H and O–H groups in total. The number of aryl methyl sites for hydroxylation is 1. The molecule has 0 radical (unpaired) electrons. The van der Waals surface area contributed by atoms with E-state index in [1.165, 1.54) is 11.8 Å². The van der Waals surface area contributed by atoms with Crippen molar-refractivity contribution in [2.45, 2.75) is 19.0 Å². The Morgan fingerprint density at radius 1 is 1.29 bits per heavy atom. The van der Waals surface area contributed by atoms with Crippen LogP contribution in [0.5, 0.6) is 0 Å². The zero-order chi connectivity index (χ0) is 17.3. The fraction of sp³-hybridized carbons (Fsp3) is 0.188. The molecule has 24 heavy (non-hydrogen) atoms. The molecule has 0 unspecified atom stereocenters. The molecule has 0 aliphatic carbocycles. The van der Waals surface area contributed by atoms with Gasteiger partial charge in [-0.3, -0.25) is 9.20 Å². The highest BCUT2D eigenvalue weighted by atomic mass is 35.5. The number of carbonyl (C=O) groups excluding carboxylic acids is 1. The van der Waals surface area contributed by atoms with Crippen molar-refractivity contribution < 1.29 is 4.79 Å². The molecule has 0 saturated heterocycles. The van der Waals surface area contributed by atoms with Gasteiger partial charge in [0.05, 0.1) is 15.8 Å². The molecule has 3 rings (SSSR count). The van der Waals surface area contributed by atoms with Gasteiger partial charge in [-0.05, 0) is 37.1 Å². The number of fused-ring (bicyclic) bond motifs is 1. The second-order valence-electron chi connectivity index (χ2n) is 5.27. The average Bonchev–Trinajstić information content (AvgIpc) is 2.93. The Morgan fingerprint density at radius 2 is 2.08 bits per heavy atom. The number of nitrogens with zero attached hydrogens (tertiary/aromatic N) is 3. The number of anilines is 1. The first-order valence-electron chi connectivity index (χ1n) is 7.14. The molecule has 0 atom stereocenters. The Morgan fingerprint density at radius 3 is 2.88 bits per heavy atom. The third-order valence-electron chi connectivity index (χ3n) is 3.61. The first-order valence-corrected chi connectivity index (χ1v) is 8.88. The summed E-state index contributed by atoms with van der Waals surface area (Å²) < 4.78 is 1.68. The standard InChI is InChI=1S/C16H14Cl2N4OS/c1-9-4-3-5-13(10(9)2)19-14(23)8-24-16-21-20-15-12(18)6-11(17)7-22(15)16/h3-7H,8H2,1-2H3,(H,19,23). The second kappa shape index (κ2) is 7.01. The lowest BCUT2D eigenvalue weighted by Gasteiger charge is -2.09. The van der Waals surface area contributed by atoms with E-state index in [4.69, 9.17) is 23.2 Å². The van der Waals surface area contributed by atoms with Crippen molar-refractivity contribution in [2.75, 3.05) is 11.1 Å². The van der Waals surface area contributed by atoms with Crippen LogP contribution in [0.4, 0.5) is 5.69 Å². The molecule has 0 aliphatic heterocycles. The predicted octanol–water partition coefficient (Wildman–Crippen LogP) is 4.38. The number of amides is 1. The number of carbonyl (C=O) groups is 1. The van der Waals surface area contributed by atoms with Gasteiger partial charge in [-0.15, -0.1) is 10.2 Å². The van der Waals surface area contributed by atoms with Crippen molar-refractivity contribution in [3.63, 3.8) is 0 Å². The van der Waals surface area contributed by atoms with Gasteiger partial charge in [0.1, 0.15) is 0 Å². The van der Waals surface area contributed by atoms with Crippen molar-refractivity contribution >= 4 is 52.2 Å². The van der Waals surface area contributed by atoms with Crippen LogP contribution in [0, 0.1) is 13.8 Å². The Bertz CT molecular complexity index is 926. The number of hydrogen-bond acceptors (Lipinski definition) is 4. The molecule has 0 aliphatic rings. The molecule has 1 amide bonds. The van der Waals surface area contributed by atoms with Gasteiger partial charge in [-0.2, -0.15) is 0 Å². The molecule has 124 valence electrons. The Labute approximate surface area is 153 Å². The lowest BCUT2D eigenvalue weighted by atomic mass is 10.1. The largest absolute Gasteiger partial charge is 0.325 e. The summed E-state index contributed by atoms with van der Waals surface area (Å²) in [6.45, 7) is 3.99. The Kier molecular flexibility index (Phi) is 4.99. The van der Waals surface area contributed by atoms with Crippen molar-refractivity contribution in [3.05, 3.63) is 51.6 Å². The second-order valence-corrected chi connectivity index (χ2v) is 7.05. The smallest absolute Gasteiger partial charge is 0.234 e. The molecule has 0 fully saturated rings. The molecule has 3 aromatic rings. The van der Waals surface area contributed by atoms with Crippen LogP contribution in [0.1, 0.15) is 11.1 Å². The van der Waals surface area contributed by atoms with Crippen LogP contribution in [0.3, 0.4) is 0 Å². The zero-order valence-electron chi connectivity index (χ0n) is 13.0. The molecular weight excluding hydrogens is 367 g/mol. The predicted molar refractivity (Wildman–Crippen MR) is 98.3 cm³/mol. The van der Waals surface area contributed by atoms with E-state index in [0.29, 0.717) is 20.8 Å². The third-order valence-corrected chi connectivity index (χ3v) is 5.03. The normalized spacial score (nSPS) is 11.0. The molecule has 0 spiro atoms. The number of hydrogen-bond donors (Lipinski definition) is 1. The van der Waals surface area contributed by atoms with Crippen LogP contribution in [-0.4, -0.2) is 26.3 Å². The van der Waals surface area contributed by atoms with E-state index >= 15 is 0 Å². The maximum atomic E-state index is 12.2. The minimum absolute atomic E-state index is 0.112. The van der Waals surface area contributed by atoms with Crippen LogP contribution >= 0.6 is 35.0 Å². The topological polar surface area (TPSA) is 59.3 Å². The third kappa shape index (κ3) is 3.50. The van der Waals surface area contributed by atoms with Crippen LogP contribution in [0.2, 0.25) is 10.0 Å². The monoisotopic (exact) mass is 380 g/mol. The van der Waals surface area contributed by atoms with E-state index in [-0.39, 0.29) is 11.7 Å². The minimum Gasteiger partial charge on any atom is -0.325 e. The van der Waals surface area contributed by atoms with E-state index in [1.54, 1.807) is 16.7 Å². The highest BCUT2D eigenvalue weighted by Gasteiger charge is 2.13. The molecular formula is C16H14Cl2N4OS. The highest BCUT2D eigenvalue weighted by Crippen LogP contribution is 2.25. The number of aromatic nitrogens is 3. The maximum absolute atomic E-state index is 12.2. The van der Waals surface area contributed by atoms with E-state index in [2.05, 4.69) is 15.5 Å². The van der Waals surface area contributed by atoms with Gasteiger partial charge < -0.3 is 5.32 Å². The van der Waals surface area contributed by atoms with Crippen LogP contribution in [0.15, 0.2) is 35.6 Å². The lowest BCUT2D eigenvalue weighted by Crippen LogP contribution is -2.15. The molecule has 5 nitrogen and oxygen atoms in total. The number of pyridine rings is 1. The number of halogens is 2. The minimum atomic E-state index is -0.112. The van der Waals surface area contributed by atoms with E-state index in [9.17, 15) is 4.79 Å². The van der Waals surface area contributed by atoms with Gasteiger partial charge in [-0.25, -0.2) is 0 Å². The number of nitrogens with one attached hydrogen (secondary N) is 1. The highest BCUT2D eigenvalue weighted by molar-refractivity contribution is 7.99. The summed E-state index contributed by atoms with van der Waals surface area (Å²) in [5.41, 5.74) is 3.52. The number of benzene rings is 1. The molecule has 0 saturated carbocycles. The van der Waals surface area contributed by atoms with Gasteiger partial charge in [0.25, 0.3) is 0 Å². The van der Waals surface area contributed by atoms with Gasteiger partial charge >= 0.3 is 0 Å². The lowest BCUT2D eigenvalue weighted by molar-refractivity contribution is -0.113. The summed E-state index contributed by atoms with van der Waals surface area (Å²) in [4.78, 5) is 12.2. The van der Waals surface area contributed by atoms with Gasteiger partial charge in [0, 0.05) is 11.9 Å². The van der Waals surface area contributed by atoms with Crippen molar-refractivity contribution in [2.24, 2.45) is 0 Å².